The Kier molecular flexibility index (Phi) is 4.71. The van der Waals surface area contributed by atoms with E-state index in [1.807, 2.05) is 6.92 Å². The molecule has 0 radical (unpaired) electrons. The van der Waals surface area contributed by atoms with Crippen molar-refractivity contribution in [2.24, 2.45) is 5.14 Å². The SMILES string of the molecule is CC(CNc1ccc(S(N)(=O)=O)cc1N)S(C)=O. The van der Waals surface area contributed by atoms with Gasteiger partial charge in [0.15, 0.2) is 0 Å². The Labute approximate surface area is 109 Å². The number of hydrogen-bond acceptors (Lipinski definition) is 5. The summed E-state index contributed by atoms with van der Waals surface area (Å²) in [5.41, 5.74) is 6.61. The highest BCUT2D eigenvalue weighted by molar-refractivity contribution is 7.89. The Hall–Kier alpha value is -1.12. The third-order valence-corrected chi connectivity index (χ3v) is 4.71. The molecule has 0 aliphatic carbocycles. The molecule has 1 aromatic carbocycles. The standard InChI is InChI=1S/C10H17N3O3S2/c1-7(17(2)14)6-13-10-4-3-8(5-9(10)11)18(12,15)16/h3-5,7,13H,6,11H2,1-2H3,(H2,12,15,16). The van der Waals surface area contributed by atoms with Crippen molar-refractivity contribution >= 4 is 32.2 Å². The molecule has 1 aromatic rings. The summed E-state index contributed by atoms with van der Waals surface area (Å²) >= 11 is 0. The number of primary sulfonamides is 1. The van der Waals surface area contributed by atoms with Gasteiger partial charge in [0.1, 0.15) is 0 Å². The van der Waals surface area contributed by atoms with Gasteiger partial charge in [-0.3, -0.25) is 4.21 Å². The van der Waals surface area contributed by atoms with Gasteiger partial charge in [-0.1, -0.05) is 0 Å². The van der Waals surface area contributed by atoms with Crippen molar-refractivity contribution in [2.45, 2.75) is 17.1 Å². The number of nitrogens with one attached hydrogen (secondary N) is 1. The van der Waals surface area contributed by atoms with Crippen molar-refractivity contribution in [3.05, 3.63) is 18.2 Å². The van der Waals surface area contributed by atoms with Crippen molar-refractivity contribution in [2.75, 3.05) is 23.9 Å². The van der Waals surface area contributed by atoms with Crippen LogP contribution in [-0.2, 0) is 20.8 Å². The predicted octanol–water partition coefficient (Wildman–Crippen LogP) is 0.0951. The molecule has 0 fully saturated rings. The van der Waals surface area contributed by atoms with Gasteiger partial charge < -0.3 is 11.1 Å². The van der Waals surface area contributed by atoms with E-state index >= 15 is 0 Å². The minimum Gasteiger partial charge on any atom is -0.397 e. The monoisotopic (exact) mass is 291 g/mol. The van der Waals surface area contributed by atoms with E-state index in [0.717, 1.165) is 0 Å². The number of sulfonamides is 1. The van der Waals surface area contributed by atoms with Crippen LogP contribution in [0.25, 0.3) is 0 Å². The number of hydrogen-bond donors (Lipinski definition) is 3. The summed E-state index contributed by atoms with van der Waals surface area (Å²) in [6.45, 7) is 2.33. The van der Waals surface area contributed by atoms with E-state index in [0.29, 0.717) is 12.2 Å². The van der Waals surface area contributed by atoms with Crippen LogP contribution in [-0.4, -0.2) is 30.7 Å². The van der Waals surface area contributed by atoms with Gasteiger partial charge in [-0.25, -0.2) is 13.6 Å². The largest absolute Gasteiger partial charge is 0.397 e. The summed E-state index contributed by atoms with van der Waals surface area (Å²) in [5.74, 6) is 0. The average Bonchev–Trinajstić information content (AvgIpc) is 2.25. The van der Waals surface area contributed by atoms with Gasteiger partial charge in [0.2, 0.25) is 10.0 Å². The van der Waals surface area contributed by atoms with Gasteiger partial charge in [-0.05, 0) is 25.1 Å². The highest BCUT2D eigenvalue weighted by Gasteiger charge is 2.11. The zero-order chi connectivity index (χ0) is 13.9. The zero-order valence-corrected chi connectivity index (χ0v) is 11.8. The molecule has 0 spiro atoms. The first-order valence-electron chi connectivity index (χ1n) is 5.20. The number of benzene rings is 1. The Morgan fingerprint density at radius 2 is 2.06 bits per heavy atom. The van der Waals surface area contributed by atoms with Gasteiger partial charge >= 0.3 is 0 Å². The van der Waals surface area contributed by atoms with Crippen LogP contribution < -0.4 is 16.2 Å². The lowest BCUT2D eigenvalue weighted by Gasteiger charge is -2.13. The molecule has 2 unspecified atom stereocenters. The molecular weight excluding hydrogens is 274 g/mol. The first-order chi connectivity index (χ1) is 8.21. The van der Waals surface area contributed by atoms with Gasteiger partial charge in [-0.15, -0.1) is 0 Å². The van der Waals surface area contributed by atoms with E-state index in [2.05, 4.69) is 5.32 Å². The van der Waals surface area contributed by atoms with Crippen LogP contribution in [0.3, 0.4) is 0 Å². The van der Waals surface area contributed by atoms with E-state index in [1.54, 1.807) is 12.3 Å². The van der Waals surface area contributed by atoms with Crippen molar-refractivity contribution in [1.82, 2.24) is 0 Å². The fourth-order valence-corrected chi connectivity index (χ4v) is 2.12. The van der Waals surface area contributed by atoms with Crippen LogP contribution in [0.1, 0.15) is 6.92 Å². The summed E-state index contributed by atoms with van der Waals surface area (Å²) in [6.07, 6.45) is 1.62. The number of nitrogens with two attached hydrogens (primary N) is 2. The third-order valence-electron chi connectivity index (χ3n) is 2.50. The lowest BCUT2D eigenvalue weighted by atomic mass is 10.2. The smallest absolute Gasteiger partial charge is 0.238 e. The molecular formula is C10H17N3O3S2. The highest BCUT2D eigenvalue weighted by Crippen LogP contribution is 2.21. The Morgan fingerprint density at radius 1 is 1.44 bits per heavy atom. The van der Waals surface area contributed by atoms with Gasteiger partial charge in [-0.2, -0.15) is 0 Å². The minimum atomic E-state index is -3.74. The van der Waals surface area contributed by atoms with Crippen molar-refractivity contribution in [1.29, 1.82) is 0 Å². The normalized spacial score (nSPS) is 15.1. The maximum atomic E-state index is 11.2. The first-order valence-corrected chi connectivity index (χ1v) is 8.37. The molecule has 0 amide bonds. The molecule has 6 nitrogen and oxygen atoms in total. The van der Waals surface area contributed by atoms with Crippen molar-refractivity contribution < 1.29 is 12.6 Å². The summed E-state index contributed by atoms with van der Waals surface area (Å²) in [4.78, 5) is -0.0299. The third kappa shape index (κ3) is 3.97. The molecule has 102 valence electrons. The lowest BCUT2D eigenvalue weighted by molar-refractivity contribution is 0.598. The molecule has 0 saturated heterocycles. The zero-order valence-electron chi connectivity index (χ0n) is 10.2. The molecule has 0 saturated carbocycles. The maximum absolute atomic E-state index is 11.2. The van der Waals surface area contributed by atoms with E-state index in [-0.39, 0.29) is 15.8 Å². The van der Waals surface area contributed by atoms with E-state index in [1.165, 1.54) is 12.1 Å². The fourth-order valence-electron chi connectivity index (χ4n) is 1.25. The highest BCUT2D eigenvalue weighted by atomic mass is 32.2. The summed E-state index contributed by atoms with van der Waals surface area (Å²) < 4.78 is 33.4. The molecule has 18 heavy (non-hydrogen) atoms. The second-order valence-corrected chi connectivity index (χ2v) is 7.35. The molecule has 2 atom stereocenters. The average molecular weight is 291 g/mol. The topological polar surface area (TPSA) is 115 Å². The van der Waals surface area contributed by atoms with Crippen molar-refractivity contribution in [3.63, 3.8) is 0 Å². The summed E-state index contributed by atoms with van der Waals surface area (Å²) in [7, 11) is -4.67. The first kappa shape index (κ1) is 14.9. The molecule has 5 N–H and O–H groups in total. The van der Waals surface area contributed by atoms with Crippen LogP contribution in [0.2, 0.25) is 0 Å². The predicted molar refractivity (Wildman–Crippen MR) is 74.2 cm³/mol. The summed E-state index contributed by atoms with van der Waals surface area (Å²) in [6, 6.07) is 4.22. The molecule has 1 rings (SSSR count). The van der Waals surface area contributed by atoms with E-state index < -0.39 is 20.8 Å². The Bertz CT molecular complexity index is 557. The number of anilines is 2. The van der Waals surface area contributed by atoms with Crippen LogP contribution in [0.5, 0.6) is 0 Å². The lowest BCUT2D eigenvalue weighted by Crippen LogP contribution is -2.21. The van der Waals surface area contributed by atoms with E-state index in [4.69, 9.17) is 10.9 Å². The fraction of sp³-hybridized carbons (Fsp3) is 0.400. The number of rotatable bonds is 5. The second kappa shape index (κ2) is 5.68. The van der Waals surface area contributed by atoms with Crippen LogP contribution in [0.15, 0.2) is 23.1 Å². The van der Waals surface area contributed by atoms with E-state index in [9.17, 15) is 12.6 Å². The van der Waals surface area contributed by atoms with Crippen LogP contribution in [0, 0.1) is 0 Å². The molecule has 0 heterocycles. The minimum absolute atomic E-state index is 0.0256. The Morgan fingerprint density at radius 3 is 2.50 bits per heavy atom. The van der Waals surface area contributed by atoms with Crippen molar-refractivity contribution in [3.8, 4) is 0 Å². The van der Waals surface area contributed by atoms with Gasteiger partial charge in [0.05, 0.1) is 16.3 Å². The van der Waals surface area contributed by atoms with Crippen LogP contribution >= 0.6 is 0 Å². The number of nitrogen functional groups attached to an aromatic ring is 1. The van der Waals surface area contributed by atoms with Gasteiger partial charge in [0, 0.05) is 28.9 Å². The molecule has 8 heteroatoms. The summed E-state index contributed by atoms with van der Waals surface area (Å²) in [5, 5.41) is 7.99. The molecule has 0 aliphatic heterocycles. The van der Waals surface area contributed by atoms with Crippen LogP contribution in [0.4, 0.5) is 11.4 Å². The Balaban J connectivity index is 2.84. The molecule has 0 bridgehead atoms. The molecule has 0 aliphatic rings. The van der Waals surface area contributed by atoms with Gasteiger partial charge in [0.25, 0.3) is 0 Å². The maximum Gasteiger partial charge on any atom is 0.238 e. The quantitative estimate of drug-likeness (QED) is 0.665. The second-order valence-electron chi connectivity index (χ2n) is 3.98. The molecule has 0 aromatic heterocycles.